The van der Waals surface area contributed by atoms with Gasteiger partial charge in [0.15, 0.2) is 6.10 Å². The van der Waals surface area contributed by atoms with Crippen LogP contribution in [0.2, 0.25) is 0 Å². The number of hydrogen-bond donors (Lipinski definition) is 1. The van der Waals surface area contributed by atoms with Crippen LogP contribution in [0.5, 0.6) is 11.5 Å². The summed E-state index contributed by atoms with van der Waals surface area (Å²) >= 11 is 0. The number of benzene rings is 2. The maximum Gasteiger partial charge on any atom is 0.217 e. The van der Waals surface area contributed by atoms with Crippen LogP contribution < -0.4 is 9.47 Å². The lowest BCUT2D eigenvalue weighted by Crippen LogP contribution is -2.64. The van der Waals surface area contributed by atoms with Crippen molar-refractivity contribution in [3.8, 4) is 11.5 Å². The van der Waals surface area contributed by atoms with Gasteiger partial charge in [0.2, 0.25) is 5.79 Å². The Morgan fingerprint density at radius 3 is 2.27 bits per heavy atom. The Kier molecular flexibility index (Phi) is 4.92. The van der Waals surface area contributed by atoms with Gasteiger partial charge < -0.3 is 19.3 Å². The number of nitrogens with zero attached hydrogens (tertiary/aromatic N) is 1. The molecule has 1 fully saturated rings. The fraction of sp³-hybridized carbons (Fsp3) is 0.478. The van der Waals surface area contributed by atoms with Crippen molar-refractivity contribution in [2.45, 2.75) is 49.8 Å². The molecule has 7 heteroatoms. The van der Waals surface area contributed by atoms with Gasteiger partial charge in [-0.3, -0.25) is 4.90 Å². The third-order valence-corrected chi connectivity index (χ3v) is 6.23. The molecule has 0 saturated carbocycles. The number of ether oxygens (including phenoxy) is 3. The summed E-state index contributed by atoms with van der Waals surface area (Å²) in [6, 6.07) is 8.98. The third-order valence-electron chi connectivity index (χ3n) is 6.23. The van der Waals surface area contributed by atoms with E-state index in [0.29, 0.717) is 50.3 Å². The van der Waals surface area contributed by atoms with E-state index in [-0.39, 0.29) is 23.8 Å². The van der Waals surface area contributed by atoms with Crippen LogP contribution in [-0.4, -0.2) is 54.2 Å². The Morgan fingerprint density at radius 1 is 0.933 bits per heavy atom. The molecule has 0 amide bonds. The Labute approximate surface area is 174 Å². The number of β-amino-alcohol motifs (C(OH)–C–C–N with tert-alkyl or cyclic N) is 1. The van der Waals surface area contributed by atoms with Gasteiger partial charge >= 0.3 is 0 Å². The van der Waals surface area contributed by atoms with E-state index in [1.807, 2.05) is 11.9 Å². The van der Waals surface area contributed by atoms with Crippen LogP contribution in [0, 0.1) is 11.6 Å². The van der Waals surface area contributed by atoms with Crippen molar-refractivity contribution >= 4 is 0 Å². The van der Waals surface area contributed by atoms with Gasteiger partial charge in [0.25, 0.3) is 0 Å². The normalized spacial score (nSPS) is 31.3. The van der Waals surface area contributed by atoms with Crippen molar-refractivity contribution < 1.29 is 28.1 Å². The van der Waals surface area contributed by atoms with Crippen molar-refractivity contribution in [1.82, 2.24) is 4.90 Å². The Hall–Kier alpha value is -2.22. The van der Waals surface area contributed by atoms with E-state index in [2.05, 4.69) is 0 Å². The minimum absolute atomic E-state index is 0.248. The summed E-state index contributed by atoms with van der Waals surface area (Å²) in [5, 5.41) is 11.4. The molecule has 1 N–H and O–H groups in total. The quantitative estimate of drug-likeness (QED) is 0.814. The molecular weight excluding hydrogens is 392 g/mol. The summed E-state index contributed by atoms with van der Waals surface area (Å²) in [4.78, 5) is 2.02. The number of aryl methyl sites for hydroxylation is 2. The number of fused-ring (bicyclic) bond motifs is 2. The summed E-state index contributed by atoms with van der Waals surface area (Å²) in [7, 11) is 1.93. The van der Waals surface area contributed by atoms with E-state index in [0.717, 1.165) is 11.1 Å². The van der Waals surface area contributed by atoms with Crippen LogP contribution in [0.1, 0.15) is 24.0 Å². The van der Waals surface area contributed by atoms with Gasteiger partial charge in [0.1, 0.15) is 35.3 Å². The van der Waals surface area contributed by atoms with E-state index >= 15 is 0 Å². The van der Waals surface area contributed by atoms with E-state index in [9.17, 15) is 13.9 Å². The predicted octanol–water partition coefficient (Wildman–Crippen LogP) is 3.07. The molecule has 2 aromatic rings. The summed E-state index contributed by atoms with van der Waals surface area (Å²) in [6.07, 6.45) is 1.34. The SMILES string of the molecule is CN1CC([C@H]2CCc3cc(F)ccc3O2)OC(O)(C2CCc3cc(F)ccc3O2)C1. The summed E-state index contributed by atoms with van der Waals surface area (Å²) in [6.45, 7) is 0.914. The van der Waals surface area contributed by atoms with Gasteiger partial charge in [-0.2, -0.15) is 0 Å². The number of rotatable bonds is 2. The fourth-order valence-electron chi connectivity index (χ4n) is 4.78. The molecule has 2 aromatic carbocycles. The second kappa shape index (κ2) is 7.48. The predicted molar refractivity (Wildman–Crippen MR) is 106 cm³/mol. The Morgan fingerprint density at radius 2 is 1.57 bits per heavy atom. The number of hydrogen-bond acceptors (Lipinski definition) is 5. The molecule has 1 saturated heterocycles. The molecule has 3 unspecified atom stereocenters. The first kappa shape index (κ1) is 19.7. The highest BCUT2D eigenvalue weighted by molar-refractivity contribution is 5.37. The van der Waals surface area contributed by atoms with Gasteiger partial charge in [-0.1, -0.05) is 0 Å². The van der Waals surface area contributed by atoms with Crippen LogP contribution in [0.15, 0.2) is 36.4 Å². The van der Waals surface area contributed by atoms with Crippen molar-refractivity contribution in [2.75, 3.05) is 20.1 Å². The zero-order valence-corrected chi connectivity index (χ0v) is 16.8. The van der Waals surface area contributed by atoms with E-state index in [1.165, 1.54) is 24.3 Å². The lowest BCUT2D eigenvalue weighted by Gasteiger charge is -2.48. The highest BCUT2D eigenvalue weighted by Gasteiger charge is 2.49. The molecule has 160 valence electrons. The number of morpholine rings is 1. The first-order valence-corrected chi connectivity index (χ1v) is 10.4. The van der Waals surface area contributed by atoms with Gasteiger partial charge in [0.05, 0.1) is 6.54 Å². The number of likely N-dealkylation sites (N-methyl/N-ethyl adjacent to an activating group) is 1. The van der Waals surface area contributed by atoms with Gasteiger partial charge in [0, 0.05) is 6.54 Å². The van der Waals surface area contributed by atoms with Gasteiger partial charge in [-0.25, -0.2) is 8.78 Å². The second-order valence-corrected chi connectivity index (χ2v) is 8.54. The summed E-state index contributed by atoms with van der Waals surface area (Å²) < 4.78 is 45.3. The largest absolute Gasteiger partial charge is 0.487 e. The van der Waals surface area contributed by atoms with Crippen LogP contribution in [0.25, 0.3) is 0 Å². The average molecular weight is 417 g/mol. The summed E-state index contributed by atoms with van der Waals surface area (Å²) in [5.41, 5.74) is 1.65. The lowest BCUT2D eigenvalue weighted by molar-refractivity contribution is -0.312. The van der Waals surface area contributed by atoms with Gasteiger partial charge in [-0.05, 0) is 80.3 Å². The van der Waals surface area contributed by atoms with Crippen molar-refractivity contribution in [1.29, 1.82) is 0 Å². The molecule has 0 aliphatic carbocycles. The molecule has 0 radical (unpaired) electrons. The molecule has 4 atom stereocenters. The molecule has 3 heterocycles. The zero-order valence-electron chi connectivity index (χ0n) is 16.8. The minimum Gasteiger partial charge on any atom is -0.487 e. The monoisotopic (exact) mass is 417 g/mol. The zero-order chi connectivity index (χ0) is 20.9. The van der Waals surface area contributed by atoms with Crippen molar-refractivity contribution in [3.63, 3.8) is 0 Å². The molecule has 30 heavy (non-hydrogen) atoms. The van der Waals surface area contributed by atoms with Crippen LogP contribution in [0.3, 0.4) is 0 Å². The molecule has 0 bridgehead atoms. The fourth-order valence-corrected chi connectivity index (χ4v) is 4.78. The molecule has 5 rings (SSSR count). The maximum atomic E-state index is 13.5. The highest BCUT2D eigenvalue weighted by atomic mass is 19.1. The first-order valence-electron chi connectivity index (χ1n) is 10.4. The Balaban J connectivity index is 1.33. The van der Waals surface area contributed by atoms with Crippen molar-refractivity contribution in [3.05, 3.63) is 59.2 Å². The topological polar surface area (TPSA) is 51.2 Å². The smallest absolute Gasteiger partial charge is 0.217 e. The molecule has 3 aliphatic rings. The van der Waals surface area contributed by atoms with Gasteiger partial charge in [-0.15, -0.1) is 0 Å². The Bertz CT molecular complexity index is 955. The second-order valence-electron chi connectivity index (χ2n) is 8.54. The molecular formula is C23H25F2NO4. The molecule has 3 aliphatic heterocycles. The minimum atomic E-state index is -1.50. The highest BCUT2D eigenvalue weighted by Crippen LogP contribution is 2.37. The number of aliphatic hydroxyl groups is 1. The van der Waals surface area contributed by atoms with Crippen LogP contribution >= 0.6 is 0 Å². The lowest BCUT2D eigenvalue weighted by atomic mass is 9.93. The van der Waals surface area contributed by atoms with E-state index in [1.54, 1.807) is 12.1 Å². The van der Waals surface area contributed by atoms with E-state index in [4.69, 9.17) is 14.2 Å². The molecule has 0 aromatic heterocycles. The standard InChI is InChI=1S/C23H25F2NO4/c1-26-12-21(20-6-2-14-10-16(24)4-7-18(14)28-20)30-23(27,13-26)22-9-3-15-11-17(25)5-8-19(15)29-22/h4-5,7-8,10-11,20-22,27H,2-3,6,9,12-13H2,1H3/t20-,21?,22?,23?/m1/s1. The third kappa shape index (κ3) is 3.66. The number of halogens is 2. The molecule has 5 nitrogen and oxygen atoms in total. The van der Waals surface area contributed by atoms with Crippen LogP contribution in [0.4, 0.5) is 8.78 Å². The maximum absolute atomic E-state index is 13.5. The van der Waals surface area contributed by atoms with Crippen molar-refractivity contribution in [2.24, 2.45) is 0 Å². The summed E-state index contributed by atoms with van der Waals surface area (Å²) in [5.74, 6) is -0.820. The average Bonchev–Trinajstić information content (AvgIpc) is 2.72. The van der Waals surface area contributed by atoms with Crippen LogP contribution in [-0.2, 0) is 17.6 Å². The van der Waals surface area contributed by atoms with E-state index < -0.39 is 11.9 Å². The first-order chi connectivity index (χ1) is 14.4. The molecule has 0 spiro atoms.